The molecule has 3 heterocycles. The number of nitrogens with zero attached hydrogens (tertiary/aromatic N) is 5. The smallest absolute Gasteiger partial charge is 0.229 e. The van der Waals surface area contributed by atoms with Gasteiger partial charge in [0.25, 0.3) is 0 Å². The van der Waals surface area contributed by atoms with Gasteiger partial charge in [-0.05, 0) is 50.2 Å². The fourth-order valence-corrected chi connectivity index (χ4v) is 4.62. The van der Waals surface area contributed by atoms with Crippen molar-refractivity contribution in [3.05, 3.63) is 71.0 Å². The number of hydrogen-bond acceptors (Lipinski definition) is 8. The van der Waals surface area contributed by atoms with Crippen molar-refractivity contribution < 1.29 is 9.53 Å². The van der Waals surface area contributed by atoms with E-state index < -0.39 is 0 Å². The molecule has 2 aromatic heterocycles. The number of rotatable bonds is 6. The molecule has 36 heavy (non-hydrogen) atoms. The van der Waals surface area contributed by atoms with Crippen molar-refractivity contribution in [2.75, 3.05) is 48.4 Å². The molecule has 5 rings (SSSR count). The van der Waals surface area contributed by atoms with E-state index >= 15 is 0 Å². The fraction of sp³-hybridized carbons (Fsp3) is 0.259. The molecule has 8 nitrogen and oxygen atoms in total. The number of ether oxygens (including phenoxy) is 1. The minimum Gasteiger partial charge on any atom is -0.497 e. The Morgan fingerprint density at radius 2 is 1.78 bits per heavy atom. The normalized spacial score (nSPS) is 13.7. The number of carbonyl (C=O) groups is 1. The Bertz CT molecular complexity index is 1440. The maximum absolute atomic E-state index is 11.9. The van der Waals surface area contributed by atoms with Gasteiger partial charge >= 0.3 is 0 Å². The molecule has 0 bridgehead atoms. The van der Waals surface area contributed by atoms with E-state index in [-0.39, 0.29) is 5.78 Å². The summed E-state index contributed by atoms with van der Waals surface area (Å²) in [5.41, 5.74) is 4.18. The van der Waals surface area contributed by atoms with Crippen molar-refractivity contribution in [2.45, 2.75) is 13.8 Å². The summed E-state index contributed by atoms with van der Waals surface area (Å²) < 4.78 is 5.35. The molecular formula is C27H27ClN6O2. The predicted octanol–water partition coefficient (Wildman–Crippen LogP) is 5.27. The number of benzene rings is 2. The van der Waals surface area contributed by atoms with E-state index in [2.05, 4.69) is 31.2 Å². The molecule has 1 aliphatic rings. The number of piperazine rings is 1. The van der Waals surface area contributed by atoms with Crippen LogP contribution in [0.3, 0.4) is 0 Å². The molecule has 9 heteroatoms. The van der Waals surface area contributed by atoms with Crippen molar-refractivity contribution in [3.8, 4) is 5.75 Å². The predicted molar refractivity (Wildman–Crippen MR) is 144 cm³/mol. The summed E-state index contributed by atoms with van der Waals surface area (Å²) in [6.45, 7) is 6.83. The standard InChI is InChI=1S/C27H27ClN6O2/c1-17-12-26(32-27(30-17)31-21-13-19(18(2)35)14-22(16-21)36-3)34-10-8-33(9-11-34)25-6-7-29-24-15-20(28)4-5-23(24)25/h4-7,12-16H,8-11H2,1-3H3,(H,30,31,32). The van der Waals surface area contributed by atoms with E-state index in [1.807, 2.05) is 43.5 Å². The zero-order valence-electron chi connectivity index (χ0n) is 20.5. The van der Waals surface area contributed by atoms with Crippen molar-refractivity contribution in [3.63, 3.8) is 0 Å². The second-order valence-electron chi connectivity index (χ2n) is 8.79. The summed E-state index contributed by atoms with van der Waals surface area (Å²) >= 11 is 6.16. The summed E-state index contributed by atoms with van der Waals surface area (Å²) in [5.74, 6) is 1.91. The lowest BCUT2D eigenvalue weighted by atomic mass is 10.1. The first-order valence-electron chi connectivity index (χ1n) is 11.8. The van der Waals surface area contributed by atoms with Gasteiger partial charge in [-0.15, -0.1) is 0 Å². The van der Waals surface area contributed by atoms with Gasteiger partial charge < -0.3 is 19.9 Å². The van der Waals surface area contributed by atoms with Crippen LogP contribution in [0.4, 0.5) is 23.1 Å². The summed E-state index contributed by atoms with van der Waals surface area (Å²) in [6, 6.07) is 15.2. The van der Waals surface area contributed by atoms with Gasteiger partial charge in [-0.1, -0.05) is 11.6 Å². The minimum atomic E-state index is -0.0363. The van der Waals surface area contributed by atoms with E-state index in [0.717, 1.165) is 54.3 Å². The van der Waals surface area contributed by atoms with Crippen LogP contribution in [-0.2, 0) is 0 Å². The number of pyridine rings is 1. The number of aromatic nitrogens is 3. The third-order valence-corrected chi connectivity index (χ3v) is 6.51. The topological polar surface area (TPSA) is 83.5 Å². The number of Topliss-reactive ketones (excluding diaryl/α,β-unsaturated/α-hetero) is 1. The van der Waals surface area contributed by atoms with Gasteiger partial charge in [-0.3, -0.25) is 9.78 Å². The Morgan fingerprint density at radius 3 is 2.53 bits per heavy atom. The van der Waals surface area contributed by atoms with E-state index in [1.165, 1.54) is 6.92 Å². The first-order chi connectivity index (χ1) is 17.4. The van der Waals surface area contributed by atoms with Crippen molar-refractivity contribution >= 4 is 51.4 Å². The molecule has 1 fully saturated rings. The quantitative estimate of drug-likeness (QED) is 0.357. The van der Waals surface area contributed by atoms with Gasteiger partial charge in [0.05, 0.1) is 12.6 Å². The molecule has 0 atom stereocenters. The molecule has 184 valence electrons. The number of fused-ring (bicyclic) bond motifs is 1. The SMILES string of the molecule is COc1cc(Nc2nc(C)cc(N3CCN(c4ccnc5cc(Cl)ccc45)CC3)n2)cc(C(C)=O)c1. The average Bonchev–Trinajstić information content (AvgIpc) is 2.87. The number of nitrogens with one attached hydrogen (secondary N) is 1. The van der Waals surface area contributed by atoms with Gasteiger partial charge in [0.2, 0.25) is 5.95 Å². The van der Waals surface area contributed by atoms with Crippen LogP contribution >= 0.6 is 11.6 Å². The maximum atomic E-state index is 11.9. The molecule has 1 aliphatic heterocycles. The van der Waals surface area contributed by atoms with Gasteiger partial charge in [0.1, 0.15) is 11.6 Å². The summed E-state index contributed by atoms with van der Waals surface area (Å²) in [5, 5.41) is 5.03. The number of hydrogen-bond donors (Lipinski definition) is 1. The molecule has 0 amide bonds. The highest BCUT2D eigenvalue weighted by atomic mass is 35.5. The Kier molecular flexibility index (Phi) is 6.61. The van der Waals surface area contributed by atoms with Gasteiger partial charge in [0, 0.05) is 77.5 Å². The highest BCUT2D eigenvalue weighted by molar-refractivity contribution is 6.31. The number of methoxy groups -OCH3 is 1. The molecule has 4 aromatic rings. The fourth-order valence-electron chi connectivity index (χ4n) is 4.45. The van der Waals surface area contributed by atoms with Crippen LogP contribution in [0.1, 0.15) is 23.0 Å². The van der Waals surface area contributed by atoms with E-state index in [1.54, 1.807) is 19.2 Å². The van der Waals surface area contributed by atoms with E-state index in [0.29, 0.717) is 28.0 Å². The summed E-state index contributed by atoms with van der Waals surface area (Å²) in [4.78, 5) is 30.4. The lowest BCUT2D eigenvalue weighted by molar-refractivity contribution is 0.101. The van der Waals surface area contributed by atoms with Crippen LogP contribution in [-0.4, -0.2) is 54.0 Å². The first kappa shape index (κ1) is 23.8. The number of aryl methyl sites for hydroxylation is 1. The van der Waals surface area contributed by atoms with Gasteiger partial charge in [-0.25, -0.2) is 4.98 Å². The first-order valence-corrected chi connectivity index (χ1v) is 12.1. The van der Waals surface area contributed by atoms with Gasteiger partial charge in [-0.2, -0.15) is 4.98 Å². The molecule has 0 aliphatic carbocycles. The highest BCUT2D eigenvalue weighted by Crippen LogP contribution is 2.29. The van der Waals surface area contributed by atoms with Crippen LogP contribution in [0, 0.1) is 6.92 Å². The maximum Gasteiger partial charge on any atom is 0.229 e. The van der Waals surface area contributed by atoms with Crippen LogP contribution < -0.4 is 19.9 Å². The Labute approximate surface area is 214 Å². The van der Waals surface area contributed by atoms with Crippen molar-refractivity contribution in [1.29, 1.82) is 0 Å². The second kappa shape index (κ2) is 9.99. The zero-order chi connectivity index (χ0) is 25.2. The van der Waals surface area contributed by atoms with Gasteiger partial charge in [0.15, 0.2) is 5.78 Å². The molecule has 0 radical (unpaired) electrons. The summed E-state index contributed by atoms with van der Waals surface area (Å²) in [7, 11) is 1.58. The third-order valence-electron chi connectivity index (χ3n) is 6.27. The largest absolute Gasteiger partial charge is 0.497 e. The number of carbonyl (C=O) groups excluding carboxylic acids is 1. The minimum absolute atomic E-state index is 0.0363. The Balaban J connectivity index is 1.34. The lowest BCUT2D eigenvalue weighted by Crippen LogP contribution is -2.47. The third kappa shape index (κ3) is 5.04. The molecule has 0 unspecified atom stereocenters. The summed E-state index contributed by atoms with van der Waals surface area (Å²) in [6.07, 6.45) is 1.84. The van der Waals surface area contributed by atoms with Crippen LogP contribution in [0.25, 0.3) is 10.9 Å². The molecule has 0 spiro atoms. The number of halogens is 1. The number of ketones is 1. The van der Waals surface area contributed by atoms with Crippen LogP contribution in [0.5, 0.6) is 5.75 Å². The van der Waals surface area contributed by atoms with E-state index in [9.17, 15) is 4.79 Å². The molecule has 0 saturated carbocycles. The Hall–Kier alpha value is -3.91. The Morgan fingerprint density at radius 1 is 1.00 bits per heavy atom. The average molecular weight is 503 g/mol. The van der Waals surface area contributed by atoms with Crippen molar-refractivity contribution in [2.24, 2.45) is 0 Å². The lowest BCUT2D eigenvalue weighted by Gasteiger charge is -2.37. The second-order valence-corrected chi connectivity index (χ2v) is 9.22. The van der Waals surface area contributed by atoms with E-state index in [4.69, 9.17) is 21.3 Å². The molecule has 2 aromatic carbocycles. The molecule has 1 N–H and O–H groups in total. The van der Waals surface area contributed by atoms with Crippen LogP contribution in [0.2, 0.25) is 5.02 Å². The number of anilines is 4. The monoisotopic (exact) mass is 502 g/mol. The molecular weight excluding hydrogens is 476 g/mol. The molecule has 1 saturated heterocycles. The van der Waals surface area contributed by atoms with Crippen LogP contribution in [0.15, 0.2) is 54.7 Å². The van der Waals surface area contributed by atoms with Crippen molar-refractivity contribution in [1.82, 2.24) is 15.0 Å². The highest BCUT2D eigenvalue weighted by Gasteiger charge is 2.21. The zero-order valence-corrected chi connectivity index (χ0v) is 21.2.